The Morgan fingerprint density at radius 2 is 1.93 bits per heavy atom. The van der Waals surface area contributed by atoms with E-state index in [-0.39, 0.29) is 10.7 Å². The van der Waals surface area contributed by atoms with Gasteiger partial charge in [0.15, 0.2) is 0 Å². The molecule has 0 radical (unpaired) electrons. The number of nitrogens with zero attached hydrogens (tertiary/aromatic N) is 4. The van der Waals surface area contributed by atoms with Gasteiger partial charge in [0.2, 0.25) is 0 Å². The van der Waals surface area contributed by atoms with Gasteiger partial charge in [0.05, 0.1) is 24.3 Å². The Bertz CT molecular complexity index is 1160. The normalized spacial score (nSPS) is 18.2. The van der Waals surface area contributed by atoms with Crippen LogP contribution >= 0.6 is 11.6 Å². The SMILES string of the molecule is O=S(=O)(Nc1cccc(Oc2ccc3c(c2)C2=NCCN2C=N3)c1Cl)N1CCCC1. The molecule has 156 valence electrons. The molecule has 8 nitrogen and oxygen atoms in total. The molecule has 3 aliphatic heterocycles. The number of hydrogen-bond acceptors (Lipinski definition) is 6. The molecule has 0 spiro atoms. The molecule has 0 bridgehead atoms. The molecule has 2 aromatic carbocycles. The molecule has 30 heavy (non-hydrogen) atoms. The van der Waals surface area contributed by atoms with Crippen LogP contribution in [0.2, 0.25) is 5.02 Å². The molecule has 2 aromatic rings. The highest BCUT2D eigenvalue weighted by Crippen LogP contribution is 2.38. The number of rotatable bonds is 5. The number of anilines is 1. The van der Waals surface area contributed by atoms with Gasteiger partial charge in [0.1, 0.15) is 22.4 Å². The average molecular weight is 446 g/mol. The molecule has 0 atom stereocenters. The van der Waals surface area contributed by atoms with Gasteiger partial charge in [0, 0.05) is 25.2 Å². The van der Waals surface area contributed by atoms with Crippen LogP contribution in [0.5, 0.6) is 11.5 Å². The van der Waals surface area contributed by atoms with Crippen LogP contribution in [0.15, 0.2) is 46.4 Å². The number of benzene rings is 2. The van der Waals surface area contributed by atoms with Gasteiger partial charge in [-0.3, -0.25) is 9.71 Å². The second-order valence-electron chi connectivity index (χ2n) is 7.26. The van der Waals surface area contributed by atoms with E-state index in [9.17, 15) is 8.42 Å². The Morgan fingerprint density at radius 1 is 1.10 bits per heavy atom. The third-order valence-corrected chi connectivity index (χ3v) is 7.17. The van der Waals surface area contributed by atoms with Crippen LogP contribution in [0.3, 0.4) is 0 Å². The van der Waals surface area contributed by atoms with E-state index in [1.54, 1.807) is 30.6 Å². The summed E-state index contributed by atoms with van der Waals surface area (Å²) in [6.07, 6.45) is 3.52. The Labute approximate surface area is 180 Å². The summed E-state index contributed by atoms with van der Waals surface area (Å²) < 4.78 is 35.1. The van der Waals surface area contributed by atoms with E-state index in [1.807, 2.05) is 17.0 Å². The fourth-order valence-corrected chi connectivity index (χ4v) is 5.33. The van der Waals surface area contributed by atoms with E-state index >= 15 is 0 Å². The molecule has 0 saturated carbocycles. The summed E-state index contributed by atoms with van der Waals surface area (Å²) in [6, 6.07) is 10.6. The van der Waals surface area contributed by atoms with Crippen molar-refractivity contribution in [3.63, 3.8) is 0 Å². The molecule has 3 aliphatic rings. The van der Waals surface area contributed by atoms with Crippen LogP contribution in [0.25, 0.3) is 0 Å². The zero-order valence-corrected chi connectivity index (χ0v) is 17.7. The first-order valence-corrected chi connectivity index (χ1v) is 11.6. The van der Waals surface area contributed by atoms with E-state index in [2.05, 4.69) is 14.7 Å². The summed E-state index contributed by atoms with van der Waals surface area (Å²) in [5, 5.41) is 0.204. The van der Waals surface area contributed by atoms with Gasteiger partial charge in [0.25, 0.3) is 0 Å². The Hall–Kier alpha value is -2.62. The number of fused-ring (bicyclic) bond motifs is 3. The van der Waals surface area contributed by atoms with Crippen molar-refractivity contribution in [3.05, 3.63) is 47.0 Å². The van der Waals surface area contributed by atoms with Crippen LogP contribution in [0.1, 0.15) is 18.4 Å². The molecule has 10 heteroatoms. The van der Waals surface area contributed by atoms with Gasteiger partial charge in [-0.1, -0.05) is 17.7 Å². The second kappa shape index (κ2) is 7.57. The number of nitrogens with one attached hydrogen (secondary N) is 1. The van der Waals surface area contributed by atoms with E-state index in [1.165, 1.54) is 4.31 Å². The molecular weight excluding hydrogens is 426 g/mol. The first kappa shape index (κ1) is 19.3. The summed E-state index contributed by atoms with van der Waals surface area (Å²) in [5.74, 6) is 1.81. The molecule has 0 aliphatic carbocycles. The van der Waals surface area contributed by atoms with E-state index in [0.717, 1.165) is 43.0 Å². The van der Waals surface area contributed by atoms with Crippen LogP contribution in [-0.4, -0.2) is 56.0 Å². The zero-order chi connectivity index (χ0) is 20.7. The summed E-state index contributed by atoms with van der Waals surface area (Å²) in [5.41, 5.74) is 2.02. The van der Waals surface area contributed by atoms with Crippen molar-refractivity contribution < 1.29 is 13.2 Å². The first-order valence-electron chi connectivity index (χ1n) is 9.75. The summed E-state index contributed by atoms with van der Waals surface area (Å²) >= 11 is 6.48. The summed E-state index contributed by atoms with van der Waals surface area (Å²) in [4.78, 5) is 11.0. The molecule has 0 amide bonds. The maximum atomic E-state index is 12.6. The number of ether oxygens (including phenoxy) is 1. The minimum atomic E-state index is -3.64. The van der Waals surface area contributed by atoms with E-state index in [4.69, 9.17) is 16.3 Å². The molecule has 5 rings (SSSR count). The second-order valence-corrected chi connectivity index (χ2v) is 9.30. The van der Waals surface area contributed by atoms with Crippen molar-refractivity contribution in [1.29, 1.82) is 0 Å². The topological polar surface area (TPSA) is 86.6 Å². The summed E-state index contributed by atoms with van der Waals surface area (Å²) in [6.45, 7) is 2.58. The van der Waals surface area contributed by atoms with Crippen molar-refractivity contribution in [2.75, 3.05) is 30.9 Å². The first-order chi connectivity index (χ1) is 14.5. The predicted octanol–water partition coefficient (Wildman–Crippen LogP) is 3.62. The highest BCUT2D eigenvalue weighted by Gasteiger charge is 2.27. The van der Waals surface area contributed by atoms with Gasteiger partial charge in [-0.25, -0.2) is 4.99 Å². The quantitative estimate of drug-likeness (QED) is 0.761. The van der Waals surface area contributed by atoms with Gasteiger partial charge < -0.3 is 9.64 Å². The highest BCUT2D eigenvalue weighted by molar-refractivity contribution is 7.90. The standard InChI is InChI=1S/C20H20ClN5O3S/c21-19-17(24-30(27,28)26-9-1-2-10-26)4-3-5-18(19)29-14-6-7-16-15(12-14)20-22-8-11-25(20)13-23-16/h3-7,12-13,24H,1-2,8-11H2. The number of halogens is 1. The largest absolute Gasteiger partial charge is 0.456 e. The van der Waals surface area contributed by atoms with Crippen molar-refractivity contribution in [2.24, 2.45) is 9.98 Å². The van der Waals surface area contributed by atoms with Crippen molar-refractivity contribution in [2.45, 2.75) is 12.8 Å². The van der Waals surface area contributed by atoms with Crippen LogP contribution in [0, 0.1) is 0 Å². The molecule has 0 unspecified atom stereocenters. The minimum Gasteiger partial charge on any atom is -0.456 e. The maximum absolute atomic E-state index is 12.6. The van der Waals surface area contributed by atoms with Crippen molar-refractivity contribution >= 4 is 45.4 Å². The number of amidine groups is 1. The molecule has 0 aromatic heterocycles. The molecule has 1 fully saturated rings. The fourth-order valence-electron chi connectivity index (χ4n) is 3.74. The average Bonchev–Trinajstić information content (AvgIpc) is 3.43. The van der Waals surface area contributed by atoms with Gasteiger partial charge in [-0.2, -0.15) is 12.7 Å². The van der Waals surface area contributed by atoms with Crippen molar-refractivity contribution in [3.8, 4) is 11.5 Å². The molecule has 1 N–H and O–H groups in total. The maximum Gasteiger partial charge on any atom is 0.301 e. The lowest BCUT2D eigenvalue weighted by Gasteiger charge is -2.21. The van der Waals surface area contributed by atoms with Crippen LogP contribution < -0.4 is 9.46 Å². The lowest BCUT2D eigenvalue weighted by molar-refractivity contribution is 0.481. The number of aliphatic imine (C=N–C) groups is 2. The minimum absolute atomic E-state index is 0.204. The highest BCUT2D eigenvalue weighted by atomic mass is 35.5. The lowest BCUT2D eigenvalue weighted by atomic mass is 10.1. The Morgan fingerprint density at radius 3 is 2.77 bits per heavy atom. The summed E-state index contributed by atoms with van der Waals surface area (Å²) in [7, 11) is -3.64. The van der Waals surface area contributed by atoms with E-state index < -0.39 is 10.2 Å². The smallest absolute Gasteiger partial charge is 0.301 e. The molecular formula is C20H20ClN5O3S. The van der Waals surface area contributed by atoms with Crippen LogP contribution in [-0.2, 0) is 10.2 Å². The third-order valence-electron chi connectivity index (χ3n) is 5.25. The zero-order valence-electron chi connectivity index (χ0n) is 16.1. The van der Waals surface area contributed by atoms with Gasteiger partial charge in [-0.15, -0.1) is 0 Å². The molecule has 1 saturated heterocycles. The van der Waals surface area contributed by atoms with Gasteiger partial charge in [-0.05, 0) is 43.2 Å². The monoisotopic (exact) mass is 445 g/mol. The Balaban J connectivity index is 1.41. The number of hydrogen-bond donors (Lipinski definition) is 1. The van der Waals surface area contributed by atoms with Crippen molar-refractivity contribution in [1.82, 2.24) is 9.21 Å². The van der Waals surface area contributed by atoms with Gasteiger partial charge >= 0.3 is 10.2 Å². The molecule has 3 heterocycles. The Kier molecular flexibility index (Phi) is 4.88. The lowest BCUT2D eigenvalue weighted by Crippen LogP contribution is -2.33. The predicted molar refractivity (Wildman–Crippen MR) is 118 cm³/mol. The third kappa shape index (κ3) is 3.53. The van der Waals surface area contributed by atoms with Crippen LogP contribution in [0.4, 0.5) is 11.4 Å². The van der Waals surface area contributed by atoms with E-state index in [0.29, 0.717) is 24.6 Å². The fraction of sp³-hybridized carbons (Fsp3) is 0.300.